The molecule has 10 rings (SSSR count). The Hall–Kier alpha value is -6.64. The van der Waals surface area contributed by atoms with Gasteiger partial charge in [0.25, 0.3) is 0 Å². The second-order valence-corrected chi connectivity index (χ2v) is 12.2. The van der Waals surface area contributed by atoms with E-state index in [0.717, 1.165) is 75.9 Å². The highest BCUT2D eigenvalue weighted by Crippen LogP contribution is 2.22. The largest absolute Gasteiger partial charge is 0.497 e. The molecule has 0 spiro atoms. The molecule has 1 heteroatoms. The molecule has 236 valence electrons. The zero-order valence-corrected chi connectivity index (χ0v) is 28.0. The zero-order chi connectivity index (χ0) is 34.0. The van der Waals surface area contributed by atoms with Crippen LogP contribution in [0.1, 0.15) is 66.8 Å². The first-order chi connectivity index (χ1) is 24.7. The summed E-state index contributed by atoms with van der Waals surface area (Å²) in [5.74, 6) is 27.6. The van der Waals surface area contributed by atoms with Crippen molar-refractivity contribution in [3.8, 4) is 53.1 Å². The Labute approximate surface area is 296 Å². The quantitative estimate of drug-likeness (QED) is 0.163. The lowest BCUT2D eigenvalue weighted by molar-refractivity contribution is 0.415. The smallest absolute Gasteiger partial charge is 0.118 e. The van der Waals surface area contributed by atoms with E-state index in [1.807, 2.05) is 91.0 Å². The Balaban J connectivity index is 1.04. The van der Waals surface area contributed by atoms with Gasteiger partial charge in [-0.05, 0) is 145 Å². The first kappa shape index (κ1) is 31.9. The van der Waals surface area contributed by atoms with Gasteiger partial charge in [-0.15, -0.1) is 0 Å². The van der Waals surface area contributed by atoms with Crippen LogP contribution in [-0.4, -0.2) is 7.11 Å². The number of rotatable bonds is 1. The molecule has 4 bridgehead atoms. The van der Waals surface area contributed by atoms with Crippen LogP contribution in [0.3, 0.4) is 0 Å². The minimum atomic E-state index is 0.827. The van der Waals surface area contributed by atoms with Gasteiger partial charge >= 0.3 is 0 Å². The van der Waals surface area contributed by atoms with Crippen molar-refractivity contribution in [3.05, 3.63) is 206 Å². The number of benzene rings is 6. The molecule has 0 radical (unpaired) electrons. The minimum absolute atomic E-state index is 0.827. The second-order valence-electron chi connectivity index (χ2n) is 12.2. The van der Waals surface area contributed by atoms with Gasteiger partial charge in [-0.3, -0.25) is 0 Å². The molecule has 0 saturated carbocycles. The summed E-state index contributed by atoms with van der Waals surface area (Å²) in [5, 5.41) is 0. The Morgan fingerprint density at radius 1 is 0.360 bits per heavy atom. The van der Waals surface area contributed by atoms with Gasteiger partial charge in [-0.1, -0.05) is 89.8 Å². The Morgan fingerprint density at radius 3 is 1.12 bits per heavy atom. The normalized spacial score (nSPS) is 11.1. The van der Waals surface area contributed by atoms with Crippen LogP contribution in [0.15, 0.2) is 140 Å². The van der Waals surface area contributed by atoms with Crippen LogP contribution in [0.2, 0.25) is 0 Å². The third-order valence-electron chi connectivity index (χ3n) is 8.73. The number of hydrogen-bond donors (Lipinski definition) is 0. The standard InChI is InChI=1S/C49H34O/c1-50-49-33-25-42(26-34-49)18-13-39-11-16-41(17-12-39)20-32-48-36-44-22-28-45-27-21-43(23-29-46(48)30-24-44)35-47(45)31-19-40-14-9-38(10-15-40)8-7-37-5-3-2-4-6-37/h2-6,9-12,14-17,21,24-27,30,33-36H,22-23,28-29H2,1H3. The molecule has 0 N–H and O–H groups in total. The molecule has 0 atom stereocenters. The van der Waals surface area contributed by atoms with E-state index in [1.165, 1.54) is 22.3 Å². The molecule has 6 aromatic carbocycles. The van der Waals surface area contributed by atoms with Gasteiger partial charge in [0, 0.05) is 44.5 Å². The van der Waals surface area contributed by atoms with Crippen LogP contribution in [0.4, 0.5) is 0 Å². The first-order valence-electron chi connectivity index (χ1n) is 16.9. The maximum Gasteiger partial charge on any atom is 0.118 e. The molecule has 1 nitrogen and oxygen atoms in total. The lowest BCUT2D eigenvalue weighted by atomic mass is 9.91. The van der Waals surface area contributed by atoms with E-state index in [1.54, 1.807) is 7.11 Å². The van der Waals surface area contributed by atoms with E-state index in [4.69, 9.17) is 4.74 Å². The van der Waals surface area contributed by atoms with Crippen LogP contribution in [0, 0.1) is 47.4 Å². The van der Waals surface area contributed by atoms with Gasteiger partial charge in [-0.25, -0.2) is 0 Å². The van der Waals surface area contributed by atoms with Crippen LogP contribution in [-0.2, 0) is 25.7 Å². The molecule has 0 fully saturated rings. The summed E-state index contributed by atoms with van der Waals surface area (Å²) in [5.41, 5.74) is 13.2. The monoisotopic (exact) mass is 638 g/mol. The number of aryl methyl sites for hydroxylation is 4. The highest BCUT2D eigenvalue weighted by atomic mass is 16.5. The van der Waals surface area contributed by atoms with E-state index in [2.05, 4.69) is 95.9 Å². The van der Waals surface area contributed by atoms with Crippen molar-refractivity contribution in [2.24, 2.45) is 0 Å². The predicted octanol–water partition coefficient (Wildman–Crippen LogP) is 9.18. The van der Waals surface area contributed by atoms with Gasteiger partial charge in [-0.2, -0.15) is 0 Å². The van der Waals surface area contributed by atoms with Crippen LogP contribution >= 0.6 is 0 Å². The Morgan fingerprint density at radius 2 is 0.720 bits per heavy atom. The summed E-state index contributed by atoms with van der Waals surface area (Å²) in [6.07, 6.45) is 3.70. The topological polar surface area (TPSA) is 9.23 Å². The van der Waals surface area contributed by atoms with Crippen molar-refractivity contribution in [1.82, 2.24) is 0 Å². The van der Waals surface area contributed by atoms with Gasteiger partial charge in [0.1, 0.15) is 5.75 Å². The van der Waals surface area contributed by atoms with E-state index >= 15 is 0 Å². The number of methoxy groups -OCH3 is 1. The molecule has 0 saturated heterocycles. The van der Waals surface area contributed by atoms with Crippen molar-refractivity contribution in [2.45, 2.75) is 25.7 Å². The third kappa shape index (κ3) is 8.44. The minimum Gasteiger partial charge on any atom is -0.497 e. The van der Waals surface area contributed by atoms with Crippen molar-refractivity contribution >= 4 is 0 Å². The maximum atomic E-state index is 5.23. The summed E-state index contributed by atoms with van der Waals surface area (Å²) in [6.45, 7) is 0. The van der Waals surface area contributed by atoms with Gasteiger partial charge in [0.05, 0.1) is 7.11 Å². The summed E-state index contributed by atoms with van der Waals surface area (Å²) in [6, 6.07) is 47.8. The number of hydrogen-bond acceptors (Lipinski definition) is 1. The van der Waals surface area contributed by atoms with Crippen molar-refractivity contribution in [3.63, 3.8) is 0 Å². The average Bonchev–Trinajstić information content (AvgIpc) is 3.17. The third-order valence-corrected chi connectivity index (χ3v) is 8.73. The highest BCUT2D eigenvalue weighted by Gasteiger charge is 2.10. The fourth-order valence-corrected chi connectivity index (χ4v) is 5.82. The van der Waals surface area contributed by atoms with Crippen molar-refractivity contribution < 1.29 is 4.74 Å². The van der Waals surface area contributed by atoms with E-state index in [9.17, 15) is 0 Å². The van der Waals surface area contributed by atoms with Crippen molar-refractivity contribution in [2.75, 3.05) is 7.11 Å². The SMILES string of the molecule is COc1ccc(C#Cc2ccc(C#Cc3cc4ccc3CCc3ccc(c(C#Cc5ccc(C#Cc6ccccc6)cc5)c3)CC4)cc2)cc1. The lowest BCUT2D eigenvalue weighted by Gasteiger charge is -2.13. The molecule has 0 aromatic heterocycles. The van der Waals surface area contributed by atoms with Gasteiger partial charge in [0.2, 0.25) is 0 Å². The molecule has 6 aromatic rings. The number of ether oxygens (including phenoxy) is 1. The fraction of sp³-hybridized carbons (Fsp3) is 0.102. The molecular weight excluding hydrogens is 605 g/mol. The lowest BCUT2D eigenvalue weighted by Crippen LogP contribution is -2.02. The Bertz CT molecular complexity index is 2380. The molecule has 0 amide bonds. The molecule has 4 aliphatic rings. The van der Waals surface area contributed by atoms with Crippen LogP contribution < -0.4 is 4.74 Å². The fourth-order valence-electron chi connectivity index (χ4n) is 5.82. The summed E-state index contributed by atoms with van der Waals surface area (Å²) >= 11 is 0. The summed E-state index contributed by atoms with van der Waals surface area (Å²) < 4.78 is 5.23. The summed E-state index contributed by atoms with van der Waals surface area (Å²) in [7, 11) is 1.67. The maximum absolute atomic E-state index is 5.23. The van der Waals surface area contributed by atoms with Gasteiger partial charge < -0.3 is 4.74 Å². The van der Waals surface area contributed by atoms with E-state index < -0.39 is 0 Å². The molecule has 50 heavy (non-hydrogen) atoms. The Kier molecular flexibility index (Phi) is 9.90. The van der Waals surface area contributed by atoms with Crippen LogP contribution in [0.5, 0.6) is 5.75 Å². The highest BCUT2D eigenvalue weighted by molar-refractivity contribution is 5.53. The molecule has 0 unspecified atom stereocenters. The molecule has 4 aliphatic carbocycles. The summed E-state index contributed by atoms with van der Waals surface area (Å²) in [4.78, 5) is 0. The molecule has 0 heterocycles. The van der Waals surface area contributed by atoms with Crippen molar-refractivity contribution in [1.29, 1.82) is 0 Å². The second kappa shape index (κ2) is 15.5. The average molecular weight is 639 g/mol. The van der Waals surface area contributed by atoms with Crippen LogP contribution in [0.25, 0.3) is 0 Å². The molecular formula is C49H34O. The van der Waals surface area contributed by atoms with Gasteiger partial charge in [0.15, 0.2) is 0 Å². The zero-order valence-electron chi connectivity index (χ0n) is 28.0. The predicted molar refractivity (Wildman–Crippen MR) is 204 cm³/mol. The van der Waals surface area contributed by atoms with E-state index in [0.29, 0.717) is 0 Å². The first-order valence-corrected chi connectivity index (χ1v) is 16.9. The molecule has 0 aliphatic heterocycles. The van der Waals surface area contributed by atoms with E-state index in [-0.39, 0.29) is 0 Å².